The first kappa shape index (κ1) is 18.2. The molecule has 4 amide bonds. The Kier molecular flexibility index (Phi) is 3.79. The lowest BCUT2D eigenvalue weighted by atomic mass is 9.85. The van der Waals surface area contributed by atoms with Crippen LogP contribution in [0.2, 0.25) is 0 Å². The average Bonchev–Trinajstić information content (AvgIpc) is 3.55. The third kappa shape index (κ3) is 2.24. The van der Waals surface area contributed by atoms with Crippen molar-refractivity contribution in [2.45, 2.75) is 12.8 Å². The van der Waals surface area contributed by atoms with Crippen LogP contribution in [-0.2, 0) is 19.2 Å². The van der Waals surface area contributed by atoms with Crippen molar-refractivity contribution < 1.29 is 19.2 Å². The topological polar surface area (TPSA) is 78.0 Å². The number of imide groups is 2. The molecule has 6 rings (SSSR count). The molecule has 7 nitrogen and oxygen atoms in total. The van der Waals surface area contributed by atoms with E-state index in [9.17, 15) is 19.2 Å². The summed E-state index contributed by atoms with van der Waals surface area (Å²) in [6.45, 7) is 4.34. The van der Waals surface area contributed by atoms with Gasteiger partial charge < -0.3 is 0 Å². The molecular weight excluding hydrogens is 382 g/mol. The number of likely N-dealkylation sites (tertiary alicyclic amines) is 2. The van der Waals surface area contributed by atoms with Crippen molar-refractivity contribution in [1.29, 1.82) is 0 Å². The van der Waals surface area contributed by atoms with E-state index in [1.807, 2.05) is 0 Å². The van der Waals surface area contributed by atoms with E-state index in [-0.39, 0.29) is 84.3 Å². The van der Waals surface area contributed by atoms with Crippen molar-refractivity contribution >= 4 is 23.6 Å². The fourth-order valence-electron chi connectivity index (χ4n) is 6.95. The quantitative estimate of drug-likeness (QED) is 0.485. The molecule has 7 heteroatoms. The molecule has 6 aliphatic rings. The SMILES string of the molecule is C=CCN(CN1C(=O)[C@@H]2[C@@H](C1=O)[C@H]1C=C[C@@H]2C1)CN1C(=O)[C@@H]2[C@H](C1=O)[C@H]1C=C[C@H]2C1. The largest absolute Gasteiger partial charge is 0.274 e. The Bertz CT molecular complexity index is 809. The molecule has 4 fully saturated rings. The normalized spacial score (nSPS) is 42.4. The van der Waals surface area contributed by atoms with Gasteiger partial charge in [0.25, 0.3) is 0 Å². The highest BCUT2D eigenvalue weighted by molar-refractivity contribution is 6.07. The summed E-state index contributed by atoms with van der Waals surface area (Å²) in [5, 5.41) is 0. The van der Waals surface area contributed by atoms with E-state index >= 15 is 0 Å². The number of allylic oxidation sites excluding steroid dienone is 4. The van der Waals surface area contributed by atoms with Gasteiger partial charge in [0.05, 0.1) is 37.0 Å². The van der Waals surface area contributed by atoms with Gasteiger partial charge in [0.15, 0.2) is 0 Å². The van der Waals surface area contributed by atoms with Crippen molar-refractivity contribution in [3.8, 4) is 0 Å². The Hall–Kier alpha value is -2.54. The number of rotatable bonds is 6. The third-order valence-electron chi connectivity index (χ3n) is 8.19. The molecular formula is C23H25N3O4. The van der Waals surface area contributed by atoms with Crippen LogP contribution in [0.15, 0.2) is 37.0 Å². The van der Waals surface area contributed by atoms with Crippen LogP contribution in [0.1, 0.15) is 12.8 Å². The van der Waals surface area contributed by atoms with Crippen LogP contribution in [0, 0.1) is 47.3 Å². The first-order valence-corrected chi connectivity index (χ1v) is 10.9. The molecule has 0 unspecified atom stereocenters. The summed E-state index contributed by atoms with van der Waals surface area (Å²) in [4.78, 5) is 56.5. The van der Waals surface area contributed by atoms with Gasteiger partial charge in [0.1, 0.15) is 0 Å². The molecule has 2 aliphatic heterocycles. The first-order chi connectivity index (χ1) is 14.5. The number of amides is 4. The van der Waals surface area contributed by atoms with Crippen LogP contribution in [0.4, 0.5) is 0 Å². The summed E-state index contributed by atoms with van der Waals surface area (Å²) in [6, 6.07) is 0. The minimum atomic E-state index is -0.241. The van der Waals surface area contributed by atoms with Crippen LogP contribution in [-0.4, -0.2) is 58.2 Å². The molecule has 0 aromatic heterocycles. The van der Waals surface area contributed by atoms with Crippen LogP contribution in [0.3, 0.4) is 0 Å². The Morgan fingerprint density at radius 1 is 0.733 bits per heavy atom. The molecule has 4 aliphatic carbocycles. The second-order valence-electron chi connectivity index (χ2n) is 9.63. The Labute approximate surface area is 175 Å². The van der Waals surface area contributed by atoms with E-state index in [0.29, 0.717) is 6.54 Å². The molecule has 0 N–H and O–H groups in total. The summed E-state index contributed by atoms with van der Waals surface area (Å²) in [6.07, 6.45) is 11.8. The lowest BCUT2D eigenvalue weighted by Crippen LogP contribution is -2.49. The first-order valence-electron chi connectivity index (χ1n) is 10.9. The standard InChI is InChI=1S/C23H25N3O4/c1-2-7-24(10-25-20(27)16-12-3-4-13(8-12)17(16)21(25)28)11-26-22(29)18-14-5-6-15(9-14)19(18)23(26)30/h2-6,12-19H,1,7-11H2/t12-,13-,14-,15+,16-,17+,18-,19-/m0/s1. The second-order valence-corrected chi connectivity index (χ2v) is 9.63. The van der Waals surface area contributed by atoms with Gasteiger partial charge in [0, 0.05) is 6.54 Å². The van der Waals surface area contributed by atoms with Gasteiger partial charge in [-0.1, -0.05) is 30.4 Å². The molecule has 8 atom stereocenters. The van der Waals surface area contributed by atoms with Gasteiger partial charge in [0.2, 0.25) is 23.6 Å². The lowest BCUT2D eigenvalue weighted by Gasteiger charge is -2.30. The van der Waals surface area contributed by atoms with Gasteiger partial charge in [-0.25, -0.2) is 0 Å². The molecule has 0 radical (unpaired) electrons. The molecule has 4 bridgehead atoms. The van der Waals surface area contributed by atoms with Crippen molar-refractivity contribution in [2.75, 3.05) is 19.9 Å². The molecule has 156 valence electrons. The number of fused-ring (bicyclic) bond motifs is 10. The maximum atomic E-state index is 13.0. The van der Waals surface area contributed by atoms with E-state index in [0.717, 1.165) is 12.8 Å². The van der Waals surface area contributed by atoms with Gasteiger partial charge in [-0.3, -0.25) is 33.9 Å². The predicted octanol–water partition coefficient (Wildman–Crippen LogP) is 1.00. The minimum Gasteiger partial charge on any atom is -0.274 e. The van der Waals surface area contributed by atoms with E-state index in [2.05, 4.69) is 30.9 Å². The summed E-state index contributed by atoms with van der Waals surface area (Å²) >= 11 is 0. The molecule has 30 heavy (non-hydrogen) atoms. The lowest BCUT2D eigenvalue weighted by molar-refractivity contribution is -0.146. The number of hydrogen-bond donors (Lipinski definition) is 0. The molecule has 0 aromatic carbocycles. The van der Waals surface area contributed by atoms with E-state index in [1.54, 1.807) is 11.0 Å². The van der Waals surface area contributed by atoms with Crippen molar-refractivity contribution in [2.24, 2.45) is 47.3 Å². The molecule has 2 saturated carbocycles. The Balaban J connectivity index is 1.19. The molecule has 0 aromatic rings. The third-order valence-corrected chi connectivity index (χ3v) is 8.19. The highest BCUT2D eigenvalue weighted by atomic mass is 16.2. The van der Waals surface area contributed by atoms with E-state index in [1.165, 1.54) is 9.80 Å². The van der Waals surface area contributed by atoms with Gasteiger partial charge in [-0.05, 0) is 36.5 Å². The predicted molar refractivity (Wildman–Crippen MR) is 106 cm³/mol. The van der Waals surface area contributed by atoms with Crippen LogP contribution in [0.25, 0.3) is 0 Å². The average molecular weight is 407 g/mol. The van der Waals surface area contributed by atoms with Crippen molar-refractivity contribution in [3.05, 3.63) is 37.0 Å². The minimum absolute atomic E-state index is 0.0909. The fourth-order valence-corrected chi connectivity index (χ4v) is 6.95. The summed E-state index contributed by atoms with van der Waals surface area (Å²) in [5.41, 5.74) is 0. The zero-order valence-corrected chi connectivity index (χ0v) is 16.7. The van der Waals surface area contributed by atoms with Crippen molar-refractivity contribution in [3.63, 3.8) is 0 Å². The zero-order valence-electron chi connectivity index (χ0n) is 16.7. The maximum absolute atomic E-state index is 13.0. The summed E-state index contributed by atoms with van der Waals surface area (Å²) < 4.78 is 0. The molecule has 2 saturated heterocycles. The maximum Gasteiger partial charge on any atom is 0.234 e. The van der Waals surface area contributed by atoms with Gasteiger partial charge in [-0.2, -0.15) is 0 Å². The molecule has 0 spiro atoms. The number of carbonyl (C=O) groups excluding carboxylic acids is 4. The monoisotopic (exact) mass is 407 g/mol. The number of nitrogens with zero attached hydrogens (tertiary/aromatic N) is 3. The van der Waals surface area contributed by atoms with Crippen molar-refractivity contribution in [1.82, 2.24) is 14.7 Å². The van der Waals surface area contributed by atoms with Crippen LogP contribution < -0.4 is 0 Å². The van der Waals surface area contributed by atoms with Crippen LogP contribution >= 0.6 is 0 Å². The number of hydrogen-bond acceptors (Lipinski definition) is 5. The smallest absolute Gasteiger partial charge is 0.234 e. The summed E-state index contributed by atoms with van der Waals surface area (Å²) in [7, 11) is 0. The second kappa shape index (κ2) is 6.23. The van der Waals surface area contributed by atoms with E-state index in [4.69, 9.17) is 0 Å². The zero-order chi connectivity index (χ0) is 20.7. The summed E-state index contributed by atoms with van der Waals surface area (Å²) in [5.74, 6) is -0.772. The highest BCUT2D eigenvalue weighted by Gasteiger charge is 2.61. The van der Waals surface area contributed by atoms with Gasteiger partial charge in [-0.15, -0.1) is 6.58 Å². The molecule has 2 heterocycles. The van der Waals surface area contributed by atoms with E-state index < -0.39 is 0 Å². The van der Waals surface area contributed by atoms with Gasteiger partial charge >= 0.3 is 0 Å². The fraction of sp³-hybridized carbons (Fsp3) is 0.565. The Morgan fingerprint density at radius 3 is 1.37 bits per heavy atom. The number of carbonyl (C=O) groups is 4. The Morgan fingerprint density at radius 2 is 1.07 bits per heavy atom. The van der Waals surface area contributed by atoms with Crippen LogP contribution in [0.5, 0.6) is 0 Å². The highest BCUT2D eigenvalue weighted by Crippen LogP contribution is 2.53.